The van der Waals surface area contributed by atoms with Crippen molar-refractivity contribution in [2.75, 3.05) is 0 Å². The van der Waals surface area contributed by atoms with E-state index in [4.69, 9.17) is 4.74 Å². The van der Waals surface area contributed by atoms with Crippen LogP contribution in [0, 0.1) is 10.1 Å². The van der Waals surface area contributed by atoms with Crippen molar-refractivity contribution in [2.45, 2.75) is 9.79 Å². The summed E-state index contributed by atoms with van der Waals surface area (Å²) in [6.45, 7) is 0. The average Bonchev–Trinajstić information content (AvgIpc) is 2.69. The Kier molecular flexibility index (Phi) is 5.00. The highest BCUT2D eigenvalue weighted by atomic mass is 32.2. The molecule has 0 spiro atoms. The van der Waals surface area contributed by atoms with Crippen LogP contribution in [0.2, 0.25) is 0 Å². The molecule has 3 aromatic carbocycles. The van der Waals surface area contributed by atoms with Crippen molar-refractivity contribution >= 4 is 21.5 Å². The third-order valence-electron chi connectivity index (χ3n) is 3.71. The Labute approximate surface area is 154 Å². The number of hydrogen-bond donors (Lipinski definition) is 0. The molecule has 0 aliphatic heterocycles. The van der Waals surface area contributed by atoms with Gasteiger partial charge in [0.25, 0.3) is 5.69 Å². The standard InChI is InChI=1S/C19H13NO6S/c21-19(14-6-8-15(9-7-14)20(22)23)26-16-10-12-18(13-11-16)27(24,25)17-4-2-1-3-5-17/h1-13H. The van der Waals surface area contributed by atoms with Crippen molar-refractivity contribution in [3.8, 4) is 5.75 Å². The fourth-order valence-corrected chi connectivity index (χ4v) is 3.59. The molecule has 8 heteroatoms. The molecular weight excluding hydrogens is 370 g/mol. The van der Waals surface area contributed by atoms with Gasteiger partial charge in [-0.2, -0.15) is 0 Å². The Bertz CT molecular complexity index is 1080. The molecular formula is C19H13NO6S. The lowest BCUT2D eigenvalue weighted by Gasteiger charge is -2.07. The van der Waals surface area contributed by atoms with Crippen LogP contribution in [0.15, 0.2) is 88.7 Å². The van der Waals surface area contributed by atoms with Gasteiger partial charge in [-0.05, 0) is 48.5 Å². The van der Waals surface area contributed by atoms with Crippen LogP contribution in [0.4, 0.5) is 5.69 Å². The summed E-state index contributed by atoms with van der Waals surface area (Å²) in [4.78, 5) is 22.4. The minimum absolute atomic E-state index is 0.0730. The highest BCUT2D eigenvalue weighted by Gasteiger charge is 2.17. The lowest BCUT2D eigenvalue weighted by Crippen LogP contribution is -2.08. The summed E-state index contributed by atoms with van der Waals surface area (Å²) in [6.07, 6.45) is 0. The zero-order valence-electron chi connectivity index (χ0n) is 13.8. The first kappa shape index (κ1) is 18.3. The highest BCUT2D eigenvalue weighted by molar-refractivity contribution is 7.91. The fourth-order valence-electron chi connectivity index (χ4n) is 2.31. The van der Waals surface area contributed by atoms with E-state index in [1.807, 2.05) is 0 Å². The topological polar surface area (TPSA) is 104 Å². The first-order valence-electron chi connectivity index (χ1n) is 7.75. The van der Waals surface area contributed by atoms with Gasteiger partial charge in [-0.1, -0.05) is 18.2 Å². The maximum atomic E-state index is 12.5. The summed E-state index contributed by atoms with van der Waals surface area (Å²) in [7, 11) is -3.65. The maximum Gasteiger partial charge on any atom is 0.343 e. The molecule has 0 saturated carbocycles. The number of sulfone groups is 1. The molecule has 3 rings (SSSR count). The van der Waals surface area contributed by atoms with Crippen molar-refractivity contribution < 1.29 is 22.9 Å². The predicted octanol–water partition coefficient (Wildman–Crippen LogP) is 3.65. The number of nitro groups is 1. The molecule has 0 aliphatic carbocycles. The highest BCUT2D eigenvalue weighted by Crippen LogP contribution is 2.23. The van der Waals surface area contributed by atoms with E-state index in [-0.39, 0.29) is 26.8 Å². The first-order valence-corrected chi connectivity index (χ1v) is 9.23. The fraction of sp³-hybridized carbons (Fsp3) is 0. The molecule has 0 aliphatic rings. The van der Waals surface area contributed by atoms with E-state index in [1.54, 1.807) is 18.2 Å². The SMILES string of the molecule is O=C(Oc1ccc(S(=O)(=O)c2ccccc2)cc1)c1ccc([N+](=O)[O-])cc1. The smallest absolute Gasteiger partial charge is 0.343 e. The van der Waals surface area contributed by atoms with Gasteiger partial charge in [-0.3, -0.25) is 10.1 Å². The molecule has 0 unspecified atom stereocenters. The molecule has 0 heterocycles. The summed E-state index contributed by atoms with van der Waals surface area (Å²) in [6, 6.07) is 18.4. The van der Waals surface area contributed by atoms with Crippen molar-refractivity contribution in [2.24, 2.45) is 0 Å². The maximum absolute atomic E-state index is 12.5. The third kappa shape index (κ3) is 4.01. The Morgan fingerprint density at radius 1 is 0.815 bits per heavy atom. The number of nitrogens with zero attached hydrogens (tertiary/aromatic N) is 1. The van der Waals surface area contributed by atoms with E-state index in [9.17, 15) is 23.3 Å². The number of nitro benzene ring substituents is 1. The van der Waals surface area contributed by atoms with Crippen molar-refractivity contribution in [3.63, 3.8) is 0 Å². The Morgan fingerprint density at radius 2 is 1.37 bits per heavy atom. The van der Waals surface area contributed by atoms with Crippen molar-refractivity contribution in [1.82, 2.24) is 0 Å². The van der Waals surface area contributed by atoms with E-state index in [0.717, 1.165) is 0 Å². The number of benzene rings is 3. The molecule has 0 amide bonds. The van der Waals surface area contributed by atoms with E-state index in [2.05, 4.69) is 0 Å². The number of carbonyl (C=O) groups excluding carboxylic acids is 1. The molecule has 0 fully saturated rings. The Morgan fingerprint density at radius 3 is 1.93 bits per heavy atom. The molecule has 3 aromatic rings. The van der Waals surface area contributed by atoms with Gasteiger partial charge < -0.3 is 4.74 Å². The average molecular weight is 383 g/mol. The zero-order valence-corrected chi connectivity index (χ0v) is 14.6. The van der Waals surface area contributed by atoms with Crippen LogP contribution in [0.25, 0.3) is 0 Å². The molecule has 136 valence electrons. The van der Waals surface area contributed by atoms with Gasteiger partial charge in [-0.25, -0.2) is 13.2 Å². The van der Waals surface area contributed by atoms with Gasteiger partial charge in [0, 0.05) is 12.1 Å². The minimum atomic E-state index is -3.65. The summed E-state index contributed by atoms with van der Waals surface area (Å²) < 4.78 is 30.2. The second kappa shape index (κ2) is 7.38. The molecule has 0 aromatic heterocycles. The van der Waals surface area contributed by atoms with E-state index in [0.29, 0.717) is 0 Å². The molecule has 0 radical (unpaired) electrons. The van der Waals surface area contributed by atoms with Gasteiger partial charge in [0.05, 0.1) is 20.3 Å². The van der Waals surface area contributed by atoms with Crippen molar-refractivity contribution in [3.05, 3.63) is 94.5 Å². The normalized spacial score (nSPS) is 11.0. The van der Waals surface area contributed by atoms with E-state index >= 15 is 0 Å². The van der Waals surface area contributed by atoms with Gasteiger partial charge in [0.2, 0.25) is 9.84 Å². The third-order valence-corrected chi connectivity index (χ3v) is 5.50. The van der Waals surface area contributed by atoms with Gasteiger partial charge in [0.1, 0.15) is 5.75 Å². The molecule has 27 heavy (non-hydrogen) atoms. The van der Waals surface area contributed by atoms with Crippen molar-refractivity contribution in [1.29, 1.82) is 0 Å². The van der Waals surface area contributed by atoms with Crippen LogP contribution >= 0.6 is 0 Å². The number of esters is 1. The molecule has 0 N–H and O–H groups in total. The van der Waals surface area contributed by atoms with Gasteiger partial charge in [0.15, 0.2) is 0 Å². The van der Waals surface area contributed by atoms with E-state index < -0.39 is 20.7 Å². The monoisotopic (exact) mass is 383 g/mol. The van der Waals surface area contributed by atoms with Crippen LogP contribution in [0.1, 0.15) is 10.4 Å². The number of non-ortho nitro benzene ring substituents is 1. The number of ether oxygens (including phenoxy) is 1. The molecule has 7 nitrogen and oxygen atoms in total. The Balaban J connectivity index is 1.76. The number of hydrogen-bond acceptors (Lipinski definition) is 6. The number of carbonyl (C=O) groups is 1. The molecule has 0 atom stereocenters. The molecule has 0 bridgehead atoms. The summed E-state index contributed by atoms with van der Waals surface area (Å²) in [5, 5.41) is 10.6. The lowest BCUT2D eigenvalue weighted by atomic mass is 10.2. The van der Waals surface area contributed by atoms with Gasteiger partial charge in [-0.15, -0.1) is 0 Å². The van der Waals surface area contributed by atoms with Crippen LogP contribution in [0.5, 0.6) is 5.75 Å². The summed E-state index contributed by atoms with van der Waals surface area (Å²) in [5.41, 5.74) is 0.00334. The largest absolute Gasteiger partial charge is 0.423 e. The quantitative estimate of drug-likeness (QED) is 0.288. The second-order valence-electron chi connectivity index (χ2n) is 5.48. The summed E-state index contributed by atoms with van der Waals surface area (Å²) >= 11 is 0. The lowest BCUT2D eigenvalue weighted by molar-refractivity contribution is -0.384. The summed E-state index contributed by atoms with van der Waals surface area (Å²) in [5.74, 6) is -0.547. The second-order valence-corrected chi connectivity index (χ2v) is 7.43. The van der Waals surface area contributed by atoms with Crippen LogP contribution < -0.4 is 4.74 Å². The van der Waals surface area contributed by atoms with Crippen LogP contribution in [-0.2, 0) is 9.84 Å². The van der Waals surface area contributed by atoms with Crippen LogP contribution in [-0.4, -0.2) is 19.3 Å². The predicted molar refractivity (Wildman–Crippen MR) is 96.4 cm³/mol. The first-order chi connectivity index (χ1) is 12.9. The van der Waals surface area contributed by atoms with E-state index in [1.165, 1.54) is 60.7 Å². The van der Waals surface area contributed by atoms with Crippen LogP contribution in [0.3, 0.4) is 0 Å². The minimum Gasteiger partial charge on any atom is -0.423 e. The van der Waals surface area contributed by atoms with Gasteiger partial charge >= 0.3 is 5.97 Å². The molecule has 0 saturated heterocycles. The Hall–Kier alpha value is -3.52. The number of rotatable bonds is 5. The zero-order chi connectivity index (χ0) is 19.4.